The monoisotopic (exact) mass is 290 g/mol. The van der Waals surface area contributed by atoms with Gasteiger partial charge >= 0.3 is 0 Å². The molecule has 0 radical (unpaired) electrons. The van der Waals surface area contributed by atoms with Crippen LogP contribution >= 0.6 is 0 Å². The SMILES string of the molecule is CCCNCc1cc2c(cc1OC)N(C)C(C)(C)C[C@@H]2C. The first-order chi connectivity index (χ1) is 9.90. The van der Waals surface area contributed by atoms with Crippen LogP contribution in [-0.4, -0.2) is 26.2 Å². The van der Waals surface area contributed by atoms with Crippen LogP contribution in [0.3, 0.4) is 0 Å². The van der Waals surface area contributed by atoms with Gasteiger partial charge in [0.25, 0.3) is 0 Å². The molecule has 118 valence electrons. The Labute approximate surface area is 129 Å². The number of hydrogen-bond donors (Lipinski definition) is 1. The molecule has 0 spiro atoms. The van der Waals surface area contributed by atoms with E-state index in [1.54, 1.807) is 7.11 Å². The van der Waals surface area contributed by atoms with E-state index < -0.39 is 0 Å². The van der Waals surface area contributed by atoms with Gasteiger partial charge in [-0.05, 0) is 50.8 Å². The number of nitrogens with one attached hydrogen (secondary N) is 1. The minimum Gasteiger partial charge on any atom is -0.496 e. The second-order valence-electron chi connectivity index (χ2n) is 6.88. The largest absolute Gasteiger partial charge is 0.496 e. The van der Waals surface area contributed by atoms with Crippen molar-refractivity contribution in [3.05, 3.63) is 23.3 Å². The first-order valence-electron chi connectivity index (χ1n) is 8.06. The average Bonchev–Trinajstić information content (AvgIpc) is 2.44. The van der Waals surface area contributed by atoms with Crippen molar-refractivity contribution in [3.8, 4) is 5.75 Å². The number of rotatable bonds is 5. The van der Waals surface area contributed by atoms with Gasteiger partial charge < -0.3 is 15.0 Å². The van der Waals surface area contributed by atoms with Gasteiger partial charge in [0, 0.05) is 36.4 Å². The zero-order valence-electron chi connectivity index (χ0n) is 14.4. The molecular weight excluding hydrogens is 260 g/mol. The number of hydrogen-bond acceptors (Lipinski definition) is 3. The maximum atomic E-state index is 5.63. The number of benzene rings is 1. The van der Waals surface area contributed by atoms with E-state index in [2.05, 4.69) is 57.1 Å². The lowest BCUT2D eigenvalue weighted by Crippen LogP contribution is -2.45. The Morgan fingerprint density at radius 3 is 2.71 bits per heavy atom. The second-order valence-corrected chi connectivity index (χ2v) is 6.88. The summed E-state index contributed by atoms with van der Waals surface area (Å²) in [5.74, 6) is 1.58. The third-order valence-electron chi connectivity index (χ3n) is 4.78. The van der Waals surface area contributed by atoms with Crippen molar-refractivity contribution in [1.29, 1.82) is 0 Å². The molecule has 1 aliphatic rings. The van der Waals surface area contributed by atoms with E-state index in [1.165, 1.54) is 23.2 Å². The zero-order chi connectivity index (χ0) is 15.6. The molecule has 0 bridgehead atoms. The van der Waals surface area contributed by atoms with Crippen LogP contribution in [0.2, 0.25) is 0 Å². The third-order valence-corrected chi connectivity index (χ3v) is 4.78. The normalized spacial score (nSPS) is 20.3. The average molecular weight is 290 g/mol. The summed E-state index contributed by atoms with van der Waals surface area (Å²) in [6.45, 7) is 11.1. The number of methoxy groups -OCH3 is 1. The van der Waals surface area contributed by atoms with Crippen LogP contribution in [0.1, 0.15) is 57.6 Å². The Balaban J connectivity index is 2.38. The van der Waals surface area contributed by atoms with Crippen molar-refractivity contribution in [1.82, 2.24) is 5.32 Å². The number of anilines is 1. The predicted octanol–water partition coefficient (Wildman–Crippen LogP) is 3.92. The standard InChI is InChI=1S/C18H30N2O/c1-7-8-19-12-14-9-15-13(2)11-18(3,4)20(5)16(15)10-17(14)21-6/h9-10,13,19H,7-8,11-12H2,1-6H3/t13-/m0/s1. The van der Waals surface area contributed by atoms with Crippen LogP contribution in [0.25, 0.3) is 0 Å². The summed E-state index contributed by atoms with van der Waals surface area (Å²) in [5.41, 5.74) is 4.23. The molecule has 0 aromatic heterocycles. The topological polar surface area (TPSA) is 24.5 Å². The molecule has 1 aromatic carbocycles. The molecule has 0 aliphatic carbocycles. The van der Waals surface area contributed by atoms with Crippen LogP contribution in [0.4, 0.5) is 5.69 Å². The summed E-state index contributed by atoms with van der Waals surface area (Å²) in [5, 5.41) is 3.48. The number of fused-ring (bicyclic) bond motifs is 1. The fraction of sp³-hybridized carbons (Fsp3) is 0.667. The van der Waals surface area contributed by atoms with Crippen LogP contribution in [-0.2, 0) is 6.54 Å². The van der Waals surface area contributed by atoms with Crippen molar-refractivity contribution in [2.24, 2.45) is 0 Å². The highest BCUT2D eigenvalue weighted by Gasteiger charge is 2.34. The van der Waals surface area contributed by atoms with Crippen molar-refractivity contribution < 1.29 is 4.74 Å². The highest BCUT2D eigenvalue weighted by molar-refractivity contribution is 5.63. The highest BCUT2D eigenvalue weighted by Crippen LogP contribution is 2.44. The lowest BCUT2D eigenvalue weighted by molar-refractivity contribution is 0.387. The molecule has 3 heteroatoms. The molecule has 0 amide bonds. The van der Waals surface area contributed by atoms with Crippen LogP contribution in [0, 0.1) is 0 Å². The second kappa shape index (κ2) is 6.27. The maximum absolute atomic E-state index is 5.63. The summed E-state index contributed by atoms with van der Waals surface area (Å²) in [6.07, 6.45) is 2.34. The summed E-state index contributed by atoms with van der Waals surface area (Å²) >= 11 is 0. The number of nitrogens with zero attached hydrogens (tertiary/aromatic N) is 1. The summed E-state index contributed by atoms with van der Waals surface area (Å²) in [7, 11) is 3.96. The van der Waals surface area contributed by atoms with Gasteiger partial charge in [0.05, 0.1) is 7.11 Å². The molecule has 3 nitrogen and oxygen atoms in total. The molecule has 1 atom stereocenters. The molecule has 1 N–H and O–H groups in total. The minimum absolute atomic E-state index is 0.194. The summed E-state index contributed by atoms with van der Waals surface area (Å²) in [4.78, 5) is 2.40. The maximum Gasteiger partial charge on any atom is 0.125 e. The quantitative estimate of drug-likeness (QED) is 0.832. The number of ether oxygens (including phenoxy) is 1. The zero-order valence-corrected chi connectivity index (χ0v) is 14.4. The first kappa shape index (κ1) is 16.2. The fourth-order valence-corrected chi connectivity index (χ4v) is 3.37. The smallest absolute Gasteiger partial charge is 0.125 e. The molecule has 1 aliphatic heterocycles. The van der Waals surface area contributed by atoms with Gasteiger partial charge in [0.1, 0.15) is 5.75 Å². The lowest BCUT2D eigenvalue weighted by atomic mass is 9.80. The molecule has 0 saturated carbocycles. The van der Waals surface area contributed by atoms with E-state index >= 15 is 0 Å². The Morgan fingerprint density at radius 2 is 2.10 bits per heavy atom. The van der Waals surface area contributed by atoms with Crippen LogP contribution < -0.4 is 15.0 Å². The van der Waals surface area contributed by atoms with Gasteiger partial charge in [-0.2, -0.15) is 0 Å². The molecule has 1 aromatic rings. The van der Waals surface area contributed by atoms with E-state index in [1.807, 2.05) is 0 Å². The molecule has 1 heterocycles. The van der Waals surface area contributed by atoms with Crippen LogP contribution in [0.5, 0.6) is 5.75 Å². The van der Waals surface area contributed by atoms with Gasteiger partial charge in [0.2, 0.25) is 0 Å². The van der Waals surface area contributed by atoms with Gasteiger partial charge in [0.15, 0.2) is 0 Å². The third kappa shape index (κ3) is 3.18. The van der Waals surface area contributed by atoms with Gasteiger partial charge in [-0.1, -0.05) is 13.8 Å². The molecule has 2 rings (SSSR count). The Morgan fingerprint density at radius 1 is 1.38 bits per heavy atom. The summed E-state index contributed by atoms with van der Waals surface area (Å²) < 4.78 is 5.63. The first-order valence-corrected chi connectivity index (χ1v) is 8.06. The van der Waals surface area contributed by atoms with Crippen molar-refractivity contribution in [2.75, 3.05) is 25.6 Å². The highest BCUT2D eigenvalue weighted by atomic mass is 16.5. The molecule has 21 heavy (non-hydrogen) atoms. The van der Waals surface area contributed by atoms with Gasteiger partial charge in [-0.15, -0.1) is 0 Å². The lowest BCUT2D eigenvalue weighted by Gasteiger charge is -2.45. The van der Waals surface area contributed by atoms with Crippen molar-refractivity contribution in [2.45, 2.75) is 58.5 Å². The van der Waals surface area contributed by atoms with Crippen molar-refractivity contribution in [3.63, 3.8) is 0 Å². The Hall–Kier alpha value is -1.22. The Bertz CT molecular complexity index is 496. The van der Waals surface area contributed by atoms with Gasteiger partial charge in [-0.3, -0.25) is 0 Å². The van der Waals surface area contributed by atoms with Crippen LogP contribution in [0.15, 0.2) is 12.1 Å². The van der Waals surface area contributed by atoms with Gasteiger partial charge in [-0.25, -0.2) is 0 Å². The van der Waals surface area contributed by atoms with Crippen molar-refractivity contribution >= 4 is 5.69 Å². The minimum atomic E-state index is 0.194. The van der Waals surface area contributed by atoms with E-state index in [9.17, 15) is 0 Å². The van der Waals surface area contributed by atoms with E-state index in [0.717, 1.165) is 25.3 Å². The van der Waals surface area contributed by atoms with E-state index in [0.29, 0.717) is 5.92 Å². The Kier molecular flexibility index (Phi) is 4.82. The van der Waals surface area contributed by atoms with E-state index in [4.69, 9.17) is 4.74 Å². The summed E-state index contributed by atoms with van der Waals surface area (Å²) in [6, 6.07) is 4.56. The molecular formula is C18H30N2O. The molecule has 0 fully saturated rings. The molecule has 0 saturated heterocycles. The molecule has 0 unspecified atom stereocenters. The fourth-order valence-electron chi connectivity index (χ4n) is 3.37. The predicted molar refractivity (Wildman–Crippen MR) is 90.5 cm³/mol. The van der Waals surface area contributed by atoms with E-state index in [-0.39, 0.29) is 5.54 Å².